The Kier molecular flexibility index (Phi) is 24.9. The quantitative estimate of drug-likeness (QED) is 0.122. The summed E-state index contributed by atoms with van der Waals surface area (Å²) in [5.74, 6) is 0. The van der Waals surface area contributed by atoms with Crippen molar-refractivity contribution in [1.82, 2.24) is 0 Å². The molecule has 0 saturated heterocycles. The smallest absolute Gasteiger partial charge is 0.00264 e. The molecule has 0 N–H and O–H groups in total. The Morgan fingerprint density at radius 1 is 0.0703 bits per heavy atom. The first-order chi connectivity index (χ1) is 63.6. The maximum atomic E-state index is 2.25. The van der Waals surface area contributed by atoms with Gasteiger partial charge in [-0.3, -0.25) is 0 Å². The number of rotatable bonds is 3. The fraction of sp³-hybridized carbons (Fsp3) is 0. The molecule has 0 fully saturated rings. The van der Waals surface area contributed by atoms with Crippen LogP contribution in [-0.2, 0) is 0 Å². The molecule has 0 bridgehead atoms. The van der Waals surface area contributed by atoms with E-state index < -0.39 is 0 Å². The Bertz CT molecular complexity index is 7450. The van der Waals surface area contributed by atoms with Crippen molar-refractivity contribution in [1.29, 1.82) is 0 Å². The maximum Gasteiger partial charge on any atom is -0.00264 e. The molecule has 0 saturated carbocycles. The van der Waals surface area contributed by atoms with Gasteiger partial charge in [-0.1, -0.05) is 546 Å². The lowest BCUT2D eigenvalue weighted by Crippen LogP contribution is -1.85. The number of fused-ring (bicyclic) bond motifs is 14. The SMILES string of the molecule is c1cc2ccc3cccc4ccc(c1)c2c34.c1cc2cccc3c4cccc5cccc(c(c1)c23)c54.c1ccc(-c2ccc(-c3ccccc3)cc2)cc1.c1ccc(-c2ccccc2)cc1.c1ccc2c(c1)c1ccccc1c1ccccc21.c1ccc2c(c1)ccc1ccccc12.c1ccc2cc3ccccc3cc2c1.c1ccc2ccccc2c1.c1ccccc1. The molecular weight excluding hydrogens is 1540 g/mol. The maximum absolute atomic E-state index is 2.25. The molecule has 0 nitrogen and oxygen atoms in total. The largest absolute Gasteiger partial charge is 0.0623 e. The van der Waals surface area contributed by atoms with Crippen LogP contribution < -0.4 is 0 Å². The van der Waals surface area contributed by atoms with Gasteiger partial charge in [-0.05, 0) is 207 Å². The number of hydrogen-bond acceptors (Lipinski definition) is 0. The fourth-order valence-electron chi connectivity index (χ4n) is 17.8. The van der Waals surface area contributed by atoms with E-state index >= 15 is 0 Å². The highest BCUT2D eigenvalue weighted by atomic mass is 14.2. The molecule has 0 amide bonds. The molecule has 27 rings (SSSR count). The van der Waals surface area contributed by atoms with Crippen molar-refractivity contribution >= 4 is 162 Å². The van der Waals surface area contributed by atoms with Crippen molar-refractivity contribution < 1.29 is 0 Å². The second-order valence-electron chi connectivity index (χ2n) is 31.9. The van der Waals surface area contributed by atoms with E-state index in [1.54, 1.807) is 0 Å². The second-order valence-corrected chi connectivity index (χ2v) is 31.9. The van der Waals surface area contributed by atoms with Crippen LogP contribution in [-0.4, -0.2) is 0 Å². The summed E-state index contributed by atoms with van der Waals surface area (Å²) in [5, 5.41) is 40.2. The van der Waals surface area contributed by atoms with Crippen LogP contribution in [0, 0.1) is 0 Å². The summed E-state index contributed by atoms with van der Waals surface area (Å²) in [5.41, 5.74) is 7.59. The Hall–Kier alpha value is -16.6. The minimum absolute atomic E-state index is 1.26. The molecule has 27 aromatic rings. The topological polar surface area (TPSA) is 0 Å². The normalized spacial score (nSPS) is 10.8. The molecule has 0 aliphatic carbocycles. The molecule has 0 aliphatic rings. The van der Waals surface area contributed by atoms with Crippen LogP contribution in [0.3, 0.4) is 0 Å². The monoisotopic (exact) mass is 1630 g/mol. The summed E-state index contributed by atoms with van der Waals surface area (Å²) in [4.78, 5) is 0. The third-order valence-corrected chi connectivity index (χ3v) is 24.0. The van der Waals surface area contributed by atoms with Crippen LogP contribution >= 0.6 is 0 Å². The van der Waals surface area contributed by atoms with E-state index in [0.29, 0.717) is 0 Å². The predicted molar refractivity (Wildman–Crippen MR) is 559 cm³/mol. The van der Waals surface area contributed by atoms with Gasteiger partial charge in [-0.15, -0.1) is 0 Å². The Labute approximate surface area is 747 Å². The van der Waals surface area contributed by atoms with E-state index in [9.17, 15) is 0 Å². The van der Waals surface area contributed by atoms with E-state index in [1.807, 2.05) is 60.7 Å². The van der Waals surface area contributed by atoms with Crippen LogP contribution in [0.5, 0.6) is 0 Å². The lowest BCUT2D eigenvalue weighted by molar-refractivity contribution is 1.59. The van der Waals surface area contributed by atoms with Gasteiger partial charge >= 0.3 is 0 Å². The summed E-state index contributed by atoms with van der Waals surface area (Å²) < 4.78 is 0. The van der Waals surface area contributed by atoms with E-state index in [1.165, 1.54) is 195 Å². The molecule has 128 heavy (non-hydrogen) atoms. The molecule has 0 heterocycles. The third kappa shape index (κ3) is 18.2. The Morgan fingerprint density at radius 2 is 0.219 bits per heavy atom. The molecular formula is C128H92. The zero-order valence-electron chi connectivity index (χ0n) is 71.1. The summed E-state index contributed by atoms with van der Waals surface area (Å²) in [6, 6.07) is 196. The minimum atomic E-state index is 1.26. The Morgan fingerprint density at radius 3 is 0.461 bits per heavy atom. The highest BCUT2D eigenvalue weighted by Crippen LogP contribution is 2.41. The van der Waals surface area contributed by atoms with Gasteiger partial charge in [0, 0.05) is 0 Å². The number of benzene rings is 27. The summed E-state index contributed by atoms with van der Waals surface area (Å²) in [6.45, 7) is 0. The standard InChI is InChI=1S/C20H12.C18H12.C18H14.C16H10.2C14H10.C12H10.C10H8.C6H6/c1-5-13-6-2-11-17-18-12-4-8-14-7-3-10-16(20(14)18)15(9-1)19(13)17;1-2-8-14-13(7-1)15-9-3-4-11-17(15)18-12-6-5-10-16(14)18;1-3-7-15(8-4-1)17-11-13-18(14-12-17)16-9-5-2-6-10-16;1-3-11-7-9-13-5-2-6-14-10-8-12(4-1)15(11)16(13)14;1-3-7-13-11(5-1)9-10-12-6-2-4-8-14(12)13;1-2-6-12-10-14-8-4-3-7-13(14)9-11(12)5-1;1-3-7-11(8-4-1)12-9-5-2-6-10-12;1-2-6-10-8-4-3-7-9(10)5-1;1-2-4-6-5-3-1/h1-12H;1-12H;1-14H;1-10H;2*1-10H;1-10H;1-8H;1-6H. The molecule has 0 aliphatic heterocycles. The van der Waals surface area contributed by atoms with Gasteiger partial charge < -0.3 is 0 Å². The molecule has 604 valence electrons. The molecule has 0 atom stereocenters. The van der Waals surface area contributed by atoms with Crippen molar-refractivity contribution in [2.24, 2.45) is 0 Å². The van der Waals surface area contributed by atoms with Crippen molar-refractivity contribution in [3.05, 3.63) is 558 Å². The van der Waals surface area contributed by atoms with E-state index in [4.69, 9.17) is 0 Å². The van der Waals surface area contributed by atoms with Crippen molar-refractivity contribution in [3.8, 4) is 33.4 Å². The van der Waals surface area contributed by atoms with Crippen LogP contribution in [0.25, 0.3) is 195 Å². The lowest BCUT2D eigenvalue weighted by Gasteiger charge is -2.13. The first-order valence-electron chi connectivity index (χ1n) is 44.0. The average molecular weight is 1630 g/mol. The first kappa shape index (κ1) is 81.0. The van der Waals surface area contributed by atoms with E-state index in [2.05, 4.69) is 497 Å². The molecule has 0 unspecified atom stereocenters. The molecule has 0 aromatic heterocycles. The van der Waals surface area contributed by atoms with Gasteiger partial charge in [0.25, 0.3) is 0 Å². The van der Waals surface area contributed by atoms with Crippen LogP contribution in [0.1, 0.15) is 0 Å². The van der Waals surface area contributed by atoms with Gasteiger partial charge in [-0.25, -0.2) is 0 Å². The molecule has 0 heteroatoms. The summed E-state index contributed by atoms with van der Waals surface area (Å²) in [7, 11) is 0. The van der Waals surface area contributed by atoms with E-state index in [0.717, 1.165) is 0 Å². The van der Waals surface area contributed by atoms with Gasteiger partial charge in [0.15, 0.2) is 0 Å². The molecule has 27 aromatic carbocycles. The van der Waals surface area contributed by atoms with Crippen molar-refractivity contribution in [2.45, 2.75) is 0 Å². The van der Waals surface area contributed by atoms with E-state index in [-0.39, 0.29) is 0 Å². The number of hydrogen-bond donors (Lipinski definition) is 0. The summed E-state index contributed by atoms with van der Waals surface area (Å²) >= 11 is 0. The van der Waals surface area contributed by atoms with Gasteiger partial charge in [0.1, 0.15) is 0 Å². The zero-order chi connectivity index (χ0) is 85.8. The van der Waals surface area contributed by atoms with Crippen molar-refractivity contribution in [3.63, 3.8) is 0 Å². The average Bonchev–Trinajstić information content (AvgIpc) is 0.728. The molecule has 0 spiro atoms. The second kappa shape index (κ2) is 39.3. The predicted octanol–water partition coefficient (Wildman–Crippen LogP) is 36.4. The van der Waals surface area contributed by atoms with Crippen LogP contribution in [0.15, 0.2) is 558 Å². The Balaban J connectivity index is 0.0000000949. The zero-order valence-corrected chi connectivity index (χ0v) is 71.1. The van der Waals surface area contributed by atoms with Crippen LogP contribution in [0.2, 0.25) is 0 Å². The minimum Gasteiger partial charge on any atom is -0.0623 e. The third-order valence-electron chi connectivity index (χ3n) is 24.0. The van der Waals surface area contributed by atoms with Gasteiger partial charge in [0.2, 0.25) is 0 Å². The first-order valence-corrected chi connectivity index (χ1v) is 44.0. The highest BCUT2D eigenvalue weighted by Gasteiger charge is 2.13. The summed E-state index contributed by atoms with van der Waals surface area (Å²) in [6.07, 6.45) is 0. The highest BCUT2D eigenvalue weighted by molar-refractivity contribution is 6.33. The van der Waals surface area contributed by atoms with Crippen molar-refractivity contribution in [2.75, 3.05) is 0 Å². The fourth-order valence-corrected chi connectivity index (χ4v) is 17.8. The van der Waals surface area contributed by atoms with Gasteiger partial charge in [-0.2, -0.15) is 0 Å². The van der Waals surface area contributed by atoms with Crippen LogP contribution in [0.4, 0.5) is 0 Å². The lowest BCUT2D eigenvalue weighted by atomic mass is 9.90. The van der Waals surface area contributed by atoms with Gasteiger partial charge in [0.05, 0.1) is 0 Å². The molecule has 0 radical (unpaired) electrons.